The van der Waals surface area contributed by atoms with Gasteiger partial charge in [0.1, 0.15) is 5.15 Å². The van der Waals surface area contributed by atoms with Crippen molar-refractivity contribution in [2.75, 3.05) is 0 Å². The second kappa shape index (κ2) is 4.16. The van der Waals surface area contributed by atoms with Crippen molar-refractivity contribution in [3.8, 4) is 23.5 Å². The smallest absolute Gasteiger partial charge is 0.144 e. The first kappa shape index (κ1) is 9.76. The highest BCUT2D eigenvalue weighted by atomic mass is 35.5. The number of rotatable bonds is 0. The third kappa shape index (κ3) is 2.01. The lowest BCUT2D eigenvalue weighted by Gasteiger charge is -2.10. The van der Waals surface area contributed by atoms with Crippen LogP contribution in [0.15, 0.2) is 42.6 Å². The maximum atomic E-state index is 5.57. The molecule has 72 valence electrons. The average Bonchev–Trinajstić information content (AvgIpc) is 2.25. The summed E-state index contributed by atoms with van der Waals surface area (Å²) in [6.07, 6.45) is 6.68. The van der Waals surface area contributed by atoms with Gasteiger partial charge in [-0.3, -0.25) is 0 Å². The van der Waals surface area contributed by atoms with E-state index in [2.05, 4.69) is 35.2 Å². The zero-order valence-corrected chi connectivity index (χ0v) is 8.70. The first-order chi connectivity index (χ1) is 7.31. The molecule has 0 amide bonds. The molecule has 0 radical (unpaired) electrons. The highest BCUT2D eigenvalue weighted by Gasteiger charge is 2.03. The molecule has 2 heteroatoms. The van der Waals surface area contributed by atoms with Gasteiger partial charge in [-0.2, -0.15) is 0 Å². The number of fused-ring (bicyclic) bond motifs is 1. The molecule has 0 unspecified atom stereocenters. The first-order valence-corrected chi connectivity index (χ1v) is 4.86. The number of hydrogen-bond donors (Lipinski definition) is 0. The molecule has 0 saturated carbocycles. The molecule has 0 aliphatic heterocycles. The van der Waals surface area contributed by atoms with Crippen molar-refractivity contribution in [2.24, 2.45) is 0 Å². The number of pyridine rings is 1. The van der Waals surface area contributed by atoms with Gasteiger partial charge in [0.15, 0.2) is 0 Å². The molecular weight excluding hydrogens is 206 g/mol. The van der Waals surface area contributed by atoms with Crippen LogP contribution in [0.4, 0.5) is 0 Å². The number of terminal acetylenes is 1. The van der Waals surface area contributed by atoms with Gasteiger partial charge in [-0.1, -0.05) is 41.8 Å². The van der Waals surface area contributed by atoms with Crippen molar-refractivity contribution in [3.63, 3.8) is 0 Å². The molecule has 1 heterocycles. The molecule has 2 aliphatic carbocycles. The Kier molecular flexibility index (Phi) is 2.71. The average molecular weight is 214 g/mol. The summed E-state index contributed by atoms with van der Waals surface area (Å²) in [4.78, 5) is 3.77. The van der Waals surface area contributed by atoms with Gasteiger partial charge in [-0.15, -0.1) is 6.42 Å². The van der Waals surface area contributed by atoms with Gasteiger partial charge >= 0.3 is 0 Å². The van der Waals surface area contributed by atoms with E-state index in [1.165, 1.54) is 11.1 Å². The Labute approximate surface area is 93.7 Å². The maximum Gasteiger partial charge on any atom is 0.144 e. The van der Waals surface area contributed by atoms with Crippen LogP contribution in [0, 0.1) is 12.3 Å². The summed E-state index contributed by atoms with van der Waals surface area (Å²) in [7, 11) is 0. The summed E-state index contributed by atoms with van der Waals surface area (Å²) in [5.74, 6) is 2.40. The van der Waals surface area contributed by atoms with Crippen molar-refractivity contribution in [1.82, 2.24) is 4.98 Å². The fourth-order valence-corrected chi connectivity index (χ4v) is 1.33. The molecule has 0 saturated heterocycles. The lowest BCUT2D eigenvalue weighted by atomic mass is 9.95. The summed E-state index contributed by atoms with van der Waals surface area (Å²) in [6, 6.07) is 12.0. The fourth-order valence-electron chi connectivity index (χ4n) is 1.16. The topological polar surface area (TPSA) is 12.9 Å². The van der Waals surface area contributed by atoms with Crippen molar-refractivity contribution < 1.29 is 0 Å². The highest BCUT2D eigenvalue weighted by molar-refractivity contribution is 6.30. The Morgan fingerprint density at radius 1 is 1.07 bits per heavy atom. The Bertz CT molecular complexity index is 488. The summed E-state index contributed by atoms with van der Waals surface area (Å²) in [5.41, 5.74) is 3.49. The zero-order valence-electron chi connectivity index (χ0n) is 7.94. The SMILES string of the molecule is C#Cc1cccnc1Cl.c1cc2ccc1-2. The summed E-state index contributed by atoms with van der Waals surface area (Å²) in [6.45, 7) is 0. The van der Waals surface area contributed by atoms with Crippen molar-refractivity contribution in [3.05, 3.63) is 53.3 Å². The number of aromatic nitrogens is 1. The van der Waals surface area contributed by atoms with Gasteiger partial charge in [0.2, 0.25) is 0 Å². The molecule has 2 aliphatic rings. The van der Waals surface area contributed by atoms with E-state index in [1.807, 2.05) is 0 Å². The summed E-state index contributed by atoms with van der Waals surface area (Å²) in [5, 5.41) is 0.389. The number of benzene rings is 1. The monoisotopic (exact) mass is 213 g/mol. The van der Waals surface area contributed by atoms with Gasteiger partial charge in [0, 0.05) is 6.20 Å². The number of hydrogen-bond acceptors (Lipinski definition) is 1. The highest BCUT2D eigenvalue weighted by Crippen LogP contribution is 2.29. The molecule has 15 heavy (non-hydrogen) atoms. The Morgan fingerprint density at radius 3 is 1.93 bits per heavy atom. The van der Waals surface area contributed by atoms with Gasteiger partial charge in [-0.25, -0.2) is 4.98 Å². The molecule has 0 aromatic carbocycles. The minimum absolute atomic E-state index is 0.389. The molecule has 0 spiro atoms. The van der Waals surface area contributed by atoms with E-state index >= 15 is 0 Å². The van der Waals surface area contributed by atoms with Crippen LogP contribution in [0.25, 0.3) is 11.1 Å². The van der Waals surface area contributed by atoms with Crippen molar-refractivity contribution in [2.45, 2.75) is 0 Å². The summed E-state index contributed by atoms with van der Waals surface area (Å²) < 4.78 is 0. The molecule has 0 bridgehead atoms. The zero-order chi connectivity index (χ0) is 10.7. The fraction of sp³-hybridized carbons (Fsp3) is 0. The van der Waals surface area contributed by atoms with Crippen molar-refractivity contribution >= 4 is 11.6 Å². The van der Waals surface area contributed by atoms with E-state index in [4.69, 9.17) is 18.0 Å². The molecular formula is C13H8ClN. The standard InChI is InChI=1S/C7H4ClN.C6H4/c1-2-6-4-3-5-9-7(6)8;1-2-6-4-3-5(1)6/h1,3-5H;1-4H. The van der Waals surface area contributed by atoms with E-state index in [0.717, 1.165) is 0 Å². The quantitative estimate of drug-likeness (QED) is 0.412. The number of nitrogens with zero attached hydrogens (tertiary/aromatic N) is 1. The largest absolute Gasteiger partial charge is 0.243 e. The number of halogens is 1. The van der Waals surface area contributed by atoms with Crippen LogP contribution in [0.1, 0.15) is 5.56 Å². The van der Waals surface area contributed by atoms with Crippen LogP contribution in [0.5, 0.6) is 0 Å². The van der Waals surface area contributed by atoms with Gasteiger partial charge in [0.25, 0.3) is 0 Å². The third-order valence-electron chi connectivity index (χ3n) is 2.13. The van der Waals surface area contributed by atoms with Crippen LogP contribution < -0.4 is 0 Å². The predicted octanol–water partition coefficient (Wildman–Crippen LogP) is 3.38. The minimum Gasteiger partial charge on any atom is -0.243 e. The minimum atomic E-state index is 0.389. The summed E-state index contributed by atoms with van der Waals surface area (Å²) >= 11 is 5.57. The van der Waals surface area contributed by atoms with Gasteiger partial charge in [-0.05, 0) is 23.3 Å². The van der Waals surface area contributed by atoms with Crippen LogP contribution in [-0.2, 0) is 0 Å². The maximum absolute atomic E-state index is 5.57. The molecule has 0 N–H and O–H groups in total. The first-order valence-electron chi connectivity index (χ1n) is 4.49. The molecule has 3 rings (SSSR count). The molecule has 1 nitrogen and oxygen atoms in total. The van der Waals surface area contributed by atoms with Gasteiger partial charge < -0.3 is 0 Å². The molecule has 0 atom stereocenters. The normalized spacial score (nSPS) is 9.60. The van der Waals surface area contributed by atoms with Crippen molar-refractivity contribution in [1.29, 1.82) is 0 Å². The van der Waals surface area contributed by atoms with Crippen LogP contribution in [0.3, 0.4) is 0 Å². The second-order valence-corrected chi connectivity index (χ2v) is 3.42. The van der Waals surface area contributed by atoms with E-state index in [0.29, 0.717) is 10.7 Å². The molecule has 1 aromatic heterocycles. The van der Waals surface area contributed by atoms with E-state index in [-0.39, 0.29) is 0 Å². The predicted molar refractivity (Wildman–Crippen MR) is 62.6 cm³/mol. The Balaban J connectivity index is 0.000000121. The van der Waals surface area contributed by atoms with Crippen LogP contribution in [0.2, 0.25) is 5.15 Å². The Morgan fingerprint density at radius 2 is 1.67 bits per heavy atom. The second-order valence-electron chi connectivity index (χ2n) is 3.06. The third-order valence-corrected chi connectivity index (χ3v) is 2.43. The molecule has 0 fully saturated rings. The van der Waals surface area contributed by atoms with Crippen LogP contribution >= 0.6 is 11.6 Å². The van der Waals surface area contributed by atoms with E-state index in [9.17, 15) is 0 Å². The van der Waals surface area contributed by atoms with Gasteiger partial charge in [0.05, 0.1) is 5.56 Å². The lowest BCUT2D eigenvalue weighted by molar-refractivity contribution is 1.31. The lowest BCUT2D eigenvalue weighted by Crippen LogP contribution is -1.85. The Hall–Kier alpha value is -1.78. The van der Waals surface area contributed by atoms with Crippen LogP contribution in [-0.4, -0.2) is 4.98 Å². The molecule has 1 aromatic rings. The van der Waals surface area contributed by atoms with E-state index in [1.54, 1.807) is 18.3 Å². The van der Waals surface area contributed by atoms with E-state index < -0.39 is 0 Å².